The second-order valence-electron chi connectivity index (χ2n) is 8.18. The molecule has 4 aromatic rings. The average Bonchev–Trinajstić information content (AvgIpc) is 2.84. The fourth-order valence-electron chi connectivity index (χ4n) is 3.36. The van der Waals surface area contributed by atoms with E-state index >= 15 is 0 Å². The van der Waals surface area contributed by atoms with Crippen molar-refractivity contribution in [2.45, 2.75) is 19.8 Å². The Morgan fingerprint density at radius 2 is 1.89 bits per heavy atom. The van der Waals surface area contributed by atoms with Gasteiger partial charge in [0.2, 0.25) is 0 Å². The second kappa shape index (κ2) is 11.2. The number of carbonyl (C=O) groups excluding carboxylic acids is 1. The molecule has 184 valence electrons. The predicted octanol–water partition coefficient (Wildman–Crippen LogP) is 6.49. The third-order valence-corrected chi connectivity index (χ3v) is 6.16. The zero-order chi connectivity index (χ0) is 25.8. The lowest BCUT2D eigenvalue weighted by Gasteiger charge is -2.12. The lowest BCUT2D eigenvalue weighted by Crippen LogP contribution is -2.23. The fourth-order valence-corrected chi connectivity index (χ4v) is 4.09. The van der Waals surface area contributed by atoms with E-state index in [-0.39, 0.29) is 24.0 Å². The number of fused-ring (bicyclic) bond motifs is 1. The molecule has 0 unspecified atom stereocenters. The Balaban J connectivity index is 1.50. The maximum absolute atomic E-state index is 13.1. The average molecular weight is 588 g/mol. The molecule has 36 heavy (non-hydrogen) atoms. The van der Waals surface area contributed by atoms with E-state index in [0.717, 1.165) is 4.47 Å². The maximum atomic E-state index is 13.1. The van der Waals surface area contributed by atoms with Crippen molar-refractivity contribution in [1.29, 1.82) is 0 Å². The topological polar surface area (TPSA) is 85.6 Å². The molecule has 0 spiro atoms. The van der Waals surface area contributed by atoms with Gasteiger partial charge in [-0.15, -0.1) is 0 Å². The Kier molecular flexibility index (Phi) is 8.08. The third-order valence-electron chi connectivity index (χ3n) is 5.11. The molecule has 4 rings (SSSR count). The highest BCUT2D eigenvalue weighted by atomic mass is 79.9. The summed E-state index contributed by atoms with van der Waals surface area (Å²) in [5, 5.41) is 8.46. The van der Waals surface area contributed by atoms with Crippen LogP contribution in [-0.4, -0.2) is 28.4 Å². The molecule has 1 N–H and O–H groups in total. The number of nitrogens with one attached hydrogen (secondary N) is 1. The molecule has 1 heterocycles. The Bertz CT molecular complexity index is 1520. The van der Waals surface area contributed by atoms with E-state index in [2.05, 4.69) is 31.3 Å². The van der Waals surface area contributed by atoms with E-state index in [0.29, 0.717) is 43.8 Å². The highest BCUT2D eigenvalue weighted by Crippen LogP contribution is 2.25. The maximum Gasteiger partial charge on any atom is 0.282 e. The standard InChI is InChI=1S/C26H21BrCl2N4O3/c1-15(2)25-32-22-9-4-17(27)12-20(22)26(35)33(25)30-13-16-3-10-23(21(29)11-16)36-14-24(34)31-19-7-5-18(28)6-8-19/h3-13,15H,14H2,1-2H3,(H,31,34). The molecule has 0 bridgehead atoms. The highest BCUT2D eigenvalue weighted by molar-refractivity contribution is 9.10. The van der Waals surface area contributed by atoms with Gasteiger partial charge in [-0.3, -0.25) is 9.59 Å². The molecule has 0 fully saturated rings. The minimum atomic E-state index is -0.338. The lowest BCUT2D eigenvalue weighted by atomic mass is 10.2. The van der Waals surface area contributed by atoms with E-state index in [4.69, 9.17) is 27.9 Å². The van der Waals surface area contributed by atoms with Crippen LogP contribution >= 0.6 is 39.1 Å². The fraction of sp³-hybridized carbons (Fsp3) is 0.154. The van der Waals surface area contributed by atoms with Gasteiger partial charge in [0.1, 0.15) is 11.6 Å². The van der Waals surface area contributed by atoms with Gasteiger partial charge in [-0.25, -0.2) is 4.98 Å². The predicted molar refractivity (Wildman–Crippen MR) is 148 cm³/mol. The Morgan fingerprint density at radius 1 is 1.14 bits per heavy atom. The molecular weight excluding hydrogens is 567 g/mol. The van der Waals surface area contributed by atoms with E-state index < -0.39 is 0 Å². The molecule has 7 nitrogen and oxygen atoms in total. The van der Waals surface area contributed by atoms with Gasteiger partial charge in [0.25, 0.3) is 11.5 Å². The normalized spacial score (nSPS) is 11.4. The summed E-state index contributed by atoms with van der Waals surface area (Å²) in [4.78, 5) is 29.9. The first-order chi connectivity index (χ1) is 17.2. The smallest absolute Gasteiger partial charge is 0.282 e. The third kappa shape index (κ3) is 6.13. The monoisotopic (exact) mass is 586 g/mol. The van der Waals surface area contributed by atoms with Crippen molar-refractivity contribution < 1.29 is 9.53 Å². The largest absolute Gasteiger partial charge is 0.482 e. The van der Waals surface area contributed by atoms with Crippen LogP contribution < -0.4 is 15.6 Å². The van der Waals surface area contributed by atoms with E-state index in [1.165, 1.54) is 10.9 Å². The van der Waals surface area contributed by atoms with Crippen molar-refractivity contribution in [3.8, 4) is 5.75 Å². The number of hydrogen-bond donors (Lipinski definition) is 1. The summed E-state index contributed by atoms with van der Waals surface area (Å²) in [6.07, 6.45) is 1.53. The molecule has 0 aliphatic heterocycles. The molecule has 0 aliphatic rings. The van der Waals surface area contributed by atoms with Gasteiger partial charge < -0.3 is 10.1 Å². The van der Waals surface area contributed by atoms with Crippen molar-refractivity contribution in [3.63, 3.8) is 0 Å². The number of hydrogen-bond acceptors (Lipinski definition) is 5. The SMILES string of the molecule is CC(C)c1nc2ccc(Br)cc2c(=O)n1N=Cc1ccc(OCC(=O)Nc2ccc(Cl)cc2)c(Cl)c1. The number of amides is 1. The van der Waals surface area contributed by atoms with Crippen LogP contribution in [0.5, 0.6) is 5.75 Å². The molecule has 0 aliphatic carbocycles. The van der Waals surface area contributed by atoms with Crippen molar-refractivity contribution in [2.75, 3.05) is 11.9 Å². The number of benzene rings is 3. The van der Waals surface area contributed by atoms with Crippen LogP contribution in [0.4, 0.5) is 5.69 Å². The van der Waals surface area contributed by atoms with Crippen molar-refractivity contribution in [3.05, 3.63) is 96.9 Å². The number of rotatable bonds is 7. The van der Waals surface area contributed by atoms with Crippen molar-refractivity contribution in [1.82, 2.24) is 9.66 Å². The molecule has 0 radical (unpaired) electrons. The Labute approximate surface area is 225 Å². The molecule has 1 aromatic heterocycles. The first-order valence-electron chi connectivity index (χ1n) is 11.0. The first kappa shape index (κ1) is 25.9. The highest BCUT2D eigenvalue weighted by Gasteiger charge is 2.14. The van der Waals surface area contributed by atoms with Gasteiger partial charge in [-0.05, 0) is 66.2 Å². The van der Waals surface area contributed by atoms with Crippen LogP contribution in [0.2, 0.25) is 10.0 Å². The molecular formula is C26H21BrCl2N4O3. The van der Waals surface area contributed by atoms with Crippen LogP contribution in [0.3, 0.4) is 0 Å². The summed E-state index contributed by atoms with van der Waals surface area (Å²) in [5.74, 6) is 0.525. The second-order valence-corrected chi connectivity index (χ2v) is 9.94. The van der Waals surface area contributed by atoms with Crippen LogP contribution in [0, 0.1) is 0 Å². The number of aromatic nitrogens is 2. The number of nitrogens with zero attached hydrogens (tertiary/aromatic N) is 3. The number of ether oxygens (including phenoxy) is 1. The van der Waals surface area contributed by atoms with Gasteiger partial charge in [0.05, 0.1) is 22.1 Å². The minimum Gasteiger partial charge on any atom is -0.482 e. The first-order valence-corrected chi connectivity index (χ1v) is 12.5. The Morgan fingerprint density at radius 3 is 2.58 bits per heavy atom. The summed E-state index contributed by atoms with van der Waals surface area (Å²) in [6, 6.07) is 17.1. The molecule has 3 aromatic carbocycles. The summed E-state index contributed by atoms with van der Waals surface area (Å²) < 4.78 is 7.64. The van der Waals surface area contributed by atoms with Crippen LogP contribution in [0.1, 0.15) is 31.2 Å². The zero-order valence-electron chi connectivity index (χ0n) is 19.3. The summed E-state index contributed by atoms with van der Waals surface area (Å²) >= 11 is 15.6. The van der Waals surface area contributed by atoms with E-state index in [9.17, 15) is 9.59 Å². The minimum absolute atomic E-state index is 0.0266. The van der Waals surface area contributed by atoms with Crippen LogP contribution in [-0.2, 0) is 4.79 Å². The van der Waals surface area contributed by atoms with Crippen molar-refractivity contribution in [2.24, 2.45) is 5.10 Å². The summed E-state index contributed by atoms with van der Waals surface area (Å²) in [7, 11) is 0. The van der Waals surface area contributed by atoms with Crippen LogP contribution in [0.15, 0.2) is 75.0 Å². The molecule has 0 atom stereocenters. The molecule has 0 saturated carbocycles. The van der Waals surface area contributed by atoms with Gasteiger partial charge in [0, 0.05) is 21.1 Å². The summed E-state index contributed by atoms with van der Waals surface area (Å²) in [5.41, 5.74) is 1.60. The van der Waals surface area contributed by atoms with Crippen molar-refractivity contribution >= 4 is 67.8 Å². The number of carbonyl (C=O) groups is 1. The number of halogens is 3. The van der Waals surface area contributed by atoms with Gasteiger partial charge in [0.15, 0.2) is 6.61 Å². The Hall–Kier alpha value is -3.20. The van der Waals surface area contributed by atoms with Crippen LogP contribution in [0.25, 0.3) is 10.9 Å². The van der Waals surface area contributed by atoms with Gasteiger partial charge in [-0.1, -0.05) is 53.0 Å². The number of anilines is 1. The van der Waals surface area contributed by atoms with Gasteiger partial charge >= 0.3 is 0 Å². The molecule has 0 saturated heterocycles. The summed E-state index contributed by atoms with van der Waals surface area (Å²) in [6.45, 7) is 3.68. The van der Waals surface area contributed by atoms with Gasteiger partial charge in [-0.2, -0.15) is 9.78 Å². The lowest BCUT2D eigenvalue weighted by molar-refractivity contribution is -0.118. The van der Waals surface area contributed by atoms with E-state index in [1.807, 2.05) is 19.9 Å². The molecule has 10 heteroatoms. The zero-order valence-corrected chi connectivity index (χ0v) is 22.4. The molecule has 1 amide bonds. The van der Waals surface area contributed by atoms with E-state index in [1.54, 1.807) is 54.6 Å². The quantitative estimate of drug-likeness (QED) is 0.250.